The molecule has 1 aromatic carbocycles. The van der Waals surface area contributed by atoms with Crippen LogP contribution in [0, 0.1) is 24.7 Å². The van der Waals surface area contributed by atoms with Crippen molar-refractivity contribution in [2.45, 2.75) is 39.7 Å². The van der Waals surface area contributed by atoms with Gasteiger partial charge >= 0.3 is 0 Å². The minimum Gasteiger partial charge on any atom is -0.384 e. The molecular weight excluding hydrogens is 262 g/mol. The van der Waals surface area contributed by atoms with Crippen molar-refractivity contribution in [1.29, 1.82) is 0 Å². The Labute approximate surface area is 127 Å². The maximum Gasteiger partial charge on any atom is 0.254 e. The number of aliphatic hydroxyl groups excluding tert-OH is 1. The number of hydrogen-bond acceptors (Lipinski definition) is 2. The zero-order valence-corrected chi connectivity index (χ0v) is 13.0. The summed E-state index contributed by atoms with van der Waals surface area (Å²) in [6, 6.07) is 5.96. The molecule has 0 spiro atoms. The van der Waals surface area contributed by atoms with Crippen LogP contribution in [0.5, 0.6) is 0 Å². The number of aryl methyl sites for hydroxylation is 1. The van der Waals surface area contributed by atoms with Crippen molar-refractivity contribution in [3.8, 4) is 11.8 Å². The van der Waals surface area contributed by atoms with E-state index >= 15 is 0 Å². The number of likely N-dealkylation sites (tertiary alicyclic amines) is 1. The van der Waals surface area contributed by atoms with E-state index in [0.717, 1.165) is 36.1 Å². The second kappa shape index (κ2) is 6.78. The van der Waals surface area contributed by atoms with Gasteiger partial charge in [0.15, 0.2) is 0 Å². The Bertz CT molecular complexity index is 581. The van der Waals surface area contributed by atoms with Gasteiger partial charge in [0.2, 0.25) is 0 Å². The molecule has 2 rings (SSSR count). The van der Waals surface area contributed by atoms with E-state index < -0.39 is 0 Å². The topological polar surface area (TPSA) is 40.5 Å². The van der Waals surface area contributed by atoms with Gasteiger partial charge in [-0.1, -0.05) is 25.7 Å². The average molecular weight is 285 g/mol. The van der Waals surface area contributed by atoms with Crippen LogP contribution in [0.25, 0.3) is 0 Å². The SMILES string of the molecule is Cc1cc(C(=O)N2CCCC2C(C)C)ccc1C#CCO. The summed E-state index contributed by atoms with van der Waals surface area (Å²) >= 11 is 0. The average Bonchev–Trinajstić information content (AvgIpc) is 2.94. The highest BCUT2D eigenvalue weighted by atomic mass is 16.2. The first kappa shape index (κ1) is 15.6. The summed E-state index contributed by atoms with van der Waals surface area (Å²) in [7, 11) is 0. The van der Waals surface area contributed by atoms with Gasteiger partial charge in [-0.3, -0.25) is 4.79 Å². The van der Waals surface area contributed by atoms with Crippen molar-refractivity contribution in [3.63, 3.8) is 0 Å². The number of rotatable bonds is 2. The summed E-state index contributed by atoms with van der Waals surface area (Å²) in [4.78, 5) is 14.7. The molecular formula is C18H23NO2. The molecule has 0 aliphatic carbocycles. The molecule has 0 bridgehead atoms. The van der Waals surface area contributed by atoms with E-state index in [1.165, 1.54) is 0 Å². The van der Waals surface area contributed by atoms with Gasteiger partial charge in [-0.25, -0.2) is 0 Å². The highest BCUT2D eigenvalue weighted by molar-refractivity contribution is 5.95. The lowest BCUT2D eigenvalue weighted by Gasteiger charge is -2.28. The van der Waals surface area contributed by atoms with Crippen LogP contribution < -0.4 is 0 Å². The Hall–Kier alpha value is -1.79. The van der Waals surface area contributed by atoms with Crippen LogP contribution in [0.2, 0.25) is 0 Å². The van der Waals surface area contributed by atoms with Crippen LogP contribution in [-0.2, 0) is 0 Å². The van der Waals surface area contributed by atoms with E-state index in [4.69, 9.17) is 5.11 Å². The van der Waals surface area contributed by atoms with Crippen molar-refractivity contribution in [2.24, 2.45) is 5.92 Å². The molecule has 1 atom stereocenters. The summed E-state index contributed by atoms with van der Waals surface area (Å²) in [6.45, 7) is 7.00. The normalized spacial score (nSPS) is 17.8. The van der Waals surface area contributed by atoms with E-state index in [-0.39, 0.29) is 12.5 Å². The predicted octanol–water partition coefficient (Wildman–Crippen LogP) is 2.60. The summed E-state index contributed by atoms with van der Waals surface area (Å²) in [5, 5.41) is 8.75. The van der Waals surface area contributed by atoms with Crippen LogP contribution in [0.1, 0.15) is 48.2 Å². The molecule has 1 aliphatic heterocycles. The fourth-order valence-corrected chi connectivity index (χ4v) is 2.98. The van der Waals surface area contributed by atoms with Crippen molar-refractivity contribution in [2.75, 3.05) is 13.2 Å². The van der Waals surface area contributed by atoms with Crippen molar-refractivity contribution < 1.29 is 9.90 Å². The maximum absolute atomic E-state index is 12.7. The number of aliphatic hydroxyl groups is 1. The van der Waals surface area contributed by atoms with Crippen molar-refractivity contribution in [1.82, 2.24) is 4.90 Å². The van der Waals surface area contributed by atoms with Crippen LogP contribution in [0.4, 0.5) is 0 Å². The molecule has 112 valence electrons. The van der Waals surface area contributed by atoms with E-state index in [0.29, 0.717) is 12.0 Å². The van der Waals surface area contributed by atoms with Crippen molar-refractivity contribution in [3.05, 3.63) is 34.9 Å². The van der Waals surface area contributed by atoms with Crippen LogP contribution in [-0.4, -0.2) is 35.1 Å². The molecule has 1 N–H and O–H groups in total. The van der Waals surface area contributed by atoms with E-state index in [9.17, 15) is 4.79 Å². The molecule has 0 radical (unpaired) electrons. The summed E-state index contributed by atoms with van der Waals surface area (Å²) in [6.07, 6.45) is 2.19. The third kappa shape index (κ3) is 3.46. The van der Waals surface area contributed by atoms with Gasteiger partial charge in [-0.2, -0.15) is 0 Å². The van der Waals surface area contributed by atoms with E-state index in [1.54, 1.807) is 0 Å². The first-order chi connectivity index (χ1) is 10.0. The molecule has 1 aliphatic rings. The molecule has 1 amide bonds. The zero-order valence-electron chi connectivity index (χ0n) is 13.0. The number of nitrogens with zero attached hydrogens (tertiary/aromatic N) is 1. The molecule has 1 aromatic rings. The first-order valence-corrected chi connectivity index (χ1v) is 7.56. The number of hydrogen-bond donors (Lipinski definition) is 1. The van der Waals surface area contributed by atoms with Crippen LogP contribution >= 0.6 is 0 Å². The molecule has 1 fully saturated rings. The number of carbonyl (C=O) groups excluding carboxylic acids is 1. The van der Waals surface area contributed by atoms with E-state index in [2.05, 4.69) is 25.7 Å². The third-order valence-electron chi connectivity index (χ3n) is 4.11. The van der Waals surface area contributed by atoms with Gasteiger partial charge in [0.25, 0.3) is 5.91 Å². The van der Waals surface area contributed by atoms with Gasteiger partial charge < -0.3 is 10.0 Å². The first-order valence-electron chi connectivity index (χ1n) is 7.56. The largest absolute Gasteiger partial charge is 0.384 e. The Balaban J connectivity index is 2.22. The van der Waals surface area contributed by atoms with Crippen LogP contribution in [0.3, 0.4) is 0 Å². The lowest BCUT2D eigenvalue weighted by Crippen LogP contribution is -2.38. The minimum absolute atomic E-state index is 0.121. The summed E-state index contributed by atoms with van der Waals surface area (Å²) in [5.41, 5.74) is 2.57. The Kier molecular flexibility index (Phi) is 5.03. The minimum atomic E-state index is -0.149. The van der Waals surface area contributed by atoms with Crippen molar-refractivity contribution >= 4 is 5.91 Å². The van der Waals surface area contributed by atoms with Gasteiger partial charge in [-0.05, 0) is 49.4 Å². The molecule has 1 unspecified atom stereocenters. The lowest BCUT2D eigenvalue weighted by molar-refractivity contribution is 0.0701. The second-order valence-corrected chi connectivity index (χ2v) is 5.94. The Morgan fingerprint density at radius 1 is 1.48 bits per heavy atom. The molecule has 1 saturated heterocycles. The predicted molar refractivity (Wildman–Crippen MR) is 84.0 cm³/mol. The molecule has 1 heterocycles. The van der Waals surface area contributed by atoms with Crippen LogP contribution in [0.15, 0.2) is 18.2 Å². The number of carbonyl (C=O) groups is 1. The Morgan fingerprint density at radius 2 is 2.24 bits per heavy atom. The van der Waals surface area contributed by atoms with Gasteiger partial charge in [0, 0.05) is 23.7 Å². The quantitative estimate of drug-likeness (QED) is 0.849. The maximum atomic E-state index is 12.7. The summed E-state index contributed by atoms with van der Waals surface area (Å²) < 4.78 is 0. The lowest BCUT2D eigenvalue weighted by atomic mass is 10.0. The molecule has 0 aromatic heterocycles. The molecule has 0 saturated carbocycles. The smallest absolute Gasteiger partial charge is 0.254 e. The fourth-order valence-electron chi connectivity index (χ4n) is 2.98. The fraction of sp³-hybridized carbons (Fsp3) is 0.500. The second-order valence-electron chi connectivity index (χ2n) is 5.94. The summed E-state index contributed by atoms with van der Waals surface area (Å²) in [5.74, 6) is 6.16. The van der Waals surface area contributed by atoms with E-state index in [1.807, 2.05) is 30.0 Å². The van der Waals surface area contributed by atoms with Gasteiger partial charge in [0.1, 0.15) is 6.61 Å². The molecule has 21 heavy (non-hydrogen) atoms. The van der Waals surface area contributed by atoms with Gasteiger partial charge in [-0.15, -0.1) is 0 Å². The molecule has 3 heteroatoms. The zero-order chi connectivity index (χ0) is 15.4. The highest BCUT2D eigenvalue weighted by Crippen LogP contribution is 2.26. The monoisotopic (exact) mass is 285 g/mol. The van der Waals surface area contributed by atoms with Gasteiger partial charge in [0.05, 0.1) is 0 Å². The Morgan fingerprint density at radius 3 is 2.86 bits per heavy atom. The number of amides is 1. The highest BCUT2D eigenvalue weighted by Gasteiger charge is 2.31. The standard InChI is InChI=1S/C18H23NO2/c1-13(2)17-7-4-10-19(17)18(21)16-9-8-15(6-5-11-20)14(3)12-16/h8-9,12-13,17,20H,4,7,10-11H2,1-3H3. The number of benzene rings is 1. The third-order valence-corrected chi connectivity index (χ3v) is 4.11. The molecule has 3 nitrogen and oxygen atoms in total.